The molecule has 1 fully saturated rings. The van der Waals surface area contributed by atoms with Gasteiger partial charge in [0, 0.05) is 25.2 Å². The first-order chi connectivity index (χ1) is 14.0. The maximum absolute atomic E-state index is 13.3. The van der Waals surface area contributed by atoms with Crippen molar-refractivity contribution in [1.29, 1.82) is 0 Å². The van der Waals surface area contributed by atoms with Crippen molar-refractivity contribution in [3.63, 3.8) is 0 Å². The number of benzene rings is 2. The molecule has 6 nitrogen and oxygen atoms in total. The summed E-state index contributed by atoms with van der Waals surface area (Å²) in [5.41, 5.74) is 1.34. The minimum atomic E-state index is -3.84. The summed E-state index contributed by atoms with van der Waals surface area (Å²) in [7, 11) is -7.66. The van der Waals surface area contributed by atoms with Gasteiger partial charge in [0.25, 0.3) is 0 Å². The van der Waals surface area contributed by atoms with Crippen molar-refractivity contribution < 1.29 is 21.6 Å². The van der Waals surface area contributed by atoms with Crippen LogP contribution in [0.15, 0.2) is 51.1 Å². The molecule has 0 unspecified atom stereocenters. The zero-order valence-corrected chi connectivity index (χ0v) is 19.1. The number of fused-ring (bicyclic) bond motifs is 2. The highest BCUT2D eigenvalue weighted by Crippen LogP contribution is 2.46. The lowest BCUT2D eigenvalue weighted by Gasteiger charge is -2.35. The fourth-order valence-corrected chi connectivity index (χ4v) is 7.83. The number of sulfonamides is 1. The molecule has 30 heavy (non-hydrogen) atoms. The van der Waals surface area contributed by atoms with Crippen LogP contribution in [0.4, 0.5) is 0 Å². The minimum absolute atomic E-state index is 0.0204. The van der Waals surface area contributed by atoms with E-state index in [1.807, 2.05) is 26.0 Å². The standard InChI is InChI=1S/C22H27NO5S2/c1-15-12-18-21(29(24,25)19-7-5-4-6-17(19)22(18,2)3)13-20(15)30(26,27)23-14-16-8-10-28-11-9-16/h4-7,12-13,16,23H,8-11,14H2,1-3H3. The Hall–Kier alpha value is -1.74. The van der Waals surface area contributed by atoms with Gasteiger partial charge in [-0.25, -0.2) is 21.6 Å². The first-order valence-electron chi connectivity index (χ1n) is 10.1. The molecule has 1 N–H and O–H groups in total. The van der Waals surface area contributed by atoms with Crippen LogP contribution in [-0.4, -0.2) is 36.6 Å². The normalized spacial score (nSPS) is 20.4. The monoisotopic (exact) mass is 449 g/mol. The molecule has 2 heterocycles. The topological polar surface area (TPSA) is 89.5 Å². The summed E-state index contributed by atoms with van der Waals surface area (Å²) in [4.78, 5) is 0.333. The van der Waals surface area contributed by atoms with Crippen LogP contribution in [0.3, 0.4) is 0 Å². The van der Waals surface area contributed by atoms with Gasteiger partial charge in [-0.2, -0.15) is 0 Å². The highest BCUT2D eigenvalue weighted by molar-refractivity contribution is 7.92. The largest absolute Gasteiger partial charge is 0.381 e. The Morgan fingerprint density at radius 2 is 1.73 bits per heavy atom. The van der Waals surface area contributed by atoms with Crippen LogP contribution < -0.4 is 4.72 Å². The quantitative estimate of drug-likeness (QED) is 0.774. The van der Waals surface area contributed by atoms with Gasteiger partial charge in [-0.1, -0.05) is 38.1 Å². The van der Waals surface area contributed by atoms with Crippen LogP contribution in [0.2, 0.25) is 0 Å². The van der Waals surface area contributed by atoms with Gasteiger partial charge in [-0.15, -0.1) is 0 Å². The Balaban J connectivity index is 1.78. The Kier molecular flexibility index (Phi) is 5.33. The summed E-state index contributed by atoms with van der Waals surface area (Å²) in [5, 5.41) is 0. The first-order valence-corrected chi connectivity index (χ1v) is 13.1. The second kappa shape index (κ2) is 7.44. The second-order valence-corrected chi connectivity index (χ2v) is 12.3. The van der Waals surface area contributed by atoms with E-state index in [1.54, 1.807) is 25.1 Å². The lowest BCUT2D eigenvalue weighted by molar-refractivity contribution is 0.0678. The van der Waals surface area contributed by atoms with Crippen molar-refractivity contribution in [2.45, 2.75) is 53.7 Å². The molecule has 4 rings (SSSR count). The highest BCUT2D eigenvalue weighted by atomic mass is 32.2. The van der Waals surface area contributed by atoms with Gasteiger partial charge in [0.15, 0.2) is 0 Å². The van der Waals surface area contributed by atoms with E-state index >= 15 is 0 Å². The van der Waals surface area contributed by atoms with E-state index in [1.165, 1.54) is 6.07 Å². The average Bonchev–Trinajstić information content (AvgIpc) is 2.72. The van der Waals surface area contributed by atoms with E-state index < -0.39 is 25.3 Å². The Bertz CT molecular complexity index is 1190. The lowest BCUT2D eigenvalue weighted by atomic mass is 9.77. The van der Waals surface area contributed by atoms with Gasteiger partial charge in [0.05, 0.1) is 14.7 Å². The first kappa shape index (κ1) is 21.5. The number of hydrogen-bond donors (Lipinski definition) is 1. The molecule has 0 spiro atoms. The SMILES string of the molecule is Cc1cc2c(cc1S(=O)(=O)NCC1CCOCC1)S(=O)(=O)c1ccccc1C2(C)C. The predicted octanol–water partition coefficient (Wildman–Crippen LogP) is 3.17. The summed E-state index contributed by atoms with van der Waals surface area (Å²) in [5.74, 6) is 0.223. The molecular formula is C22H27NO5S2. The van der Waals surface area contributed by atoms with Crippen LogP contribution in [0.25, 0.3) is 0 Å². The zero-order valence-electron chi connectivity index (χ0n) is 17.4. The van der Waals surface area contributed by atoms with Crippen LogP contribution in [-0.2, 0) is 30.0 Å². The number of ether oxygens (including phenoxy) is 1. The van der Waals surface area contributed by atoms with Gasteiger partial charge in [0.1, 0.15) is 0 Å². The summed E-state index contributed by atoms with van der Waals surface area (Å²) >= 11 is 0. The van der Waals surface area contributed by atoms with Crippen molar-refractivity contribution in [3.05, 3.63) is 53.1 Å². The van der Waals surface area contributed by atoms with Gasteiger partial charge < -0.3 is 4.74 Å². The van der Waals surface area contributed by atoms with E-state index in [9.17, 15) is 16.8 Å². The molecule has 0 radical (unpaired) electrons. The highest BCUT2D eigenvalue weighted by Gasteiger charge is 2.41. The molecule has 2 aliphatic heterocycles. The molecule has 8 heteroatoms. The molecular weight excluding hydrogens is 422 g/mol. The Labute approximate surface area is 178 Å². The second-order valence-electron chi connectivity index (χ2n) is 8.65. The third-order valence-electron chi connectivity index (χ3n) is 6.28. The Morgan fingerprint density at radius 1 is 1.07 bits per heavy atom. The van der Waals surface area contributed by atoms with Crippen molar-refractivity contribution in [2.24, 2.45) is 5.92 Å². The van der Waals surface area contributed by atoms with E-state index in [0.29, 0.717) is 30.9 Å². The summed E-state index contributed by atoms with van der Waals surface area (Å²) in [6.45, 7) is 7.25. The predicted molar refractivity (Wildman–Crippen MR) is 114 cm³/mol. The van der Waals surface area contributed by atoms with E-state index in [0.717, 1.165) is 18.4 Å². The molecule has 0 bridgehead atoms. The molecule has 0 aromatic heterocycles. The minimum Gasteiger partial charge on any atom is -0.381 e. The van der Waals surface area contributed by atoms with Crippen LogP contribution in [0.1, 0.15) is 43.4 Å². The van der Waals surface area contributed by atoms with Gasteiger partial charge in [-0.3, -0.25) is 0 Å². The molecule has 2 aliphatic rings. The maximum Gasteiger partial charge on any atom is 0.240 e. The number of nitrogens with one attached hydrogen (secondary N) is 1. The van der Waals surface area contributed by atoms with Crippen molar-refractivity contribution in [1.82, 2.24) is 4.72 Å². The van der Waals surface area contributed by atoms with Gasteiger partial charge in [-0.05, 0) is 54.5 Å². The fourth-order valence-electron chi connectivity index (χ4n) is 4.41. The van der Waals surface area contributed by atoms with Gasteiger partial charge in [0.2, 0.25) is 19.9 Å². The molecule has 0 amide bonds. The van der Waals surface area contributed by atoms with Crippen LogP contribution >= 0.6 is 0 Å². The van der Waals surface area contributed by atoms with E-state index in [-0.39, 0.29) is 20.6 Å². The number of hydrogen-bond acceptors (Lipinski definition) is 5. The van der Waals surface area contributed by atoms with Crippen molar-refractivity contribution in [2.75, 3.05) is 19.8 Å². The number of sulfone groups is 1. The molecule has 0 aliphatic carbocycles. The summed E-state index contributed by atoms with van der Waals surface area (Å²) < 4.78 is 60.8. The van der Waals surface area contributed by atoms with Gasteiger partial charge >= 0.3 is 0 Å². The molecule has 0 atom stereocenters. The zero-order chi connectivity index (χ0) is 21.7. The van der Waals surface area contributed by atoms with Crippen molar-refractivity contribution in [3.8, 4) is 0 Å². The third-order valence-corrected chi connectivity index (χ3v) is 9.70. The Morgan fingerprint density at radius 3 is 2.43 bits per heavy atom. The smallest absolute Gasteiger partial charge is 0.240 e. The average molecular weight is 450 g/mol. The maximum atomic E-state index is 13.3. The third kappa shape index (κ3) is 3.49. The molecule has 162 valence electrons. The number of rotatable bonds is 4. The fraction of sp³-hybridized carbons (Fsp3) is 0.455. The summed E-state index contributed by atoms with van der Waals surface area (Å²) in [6, 6.07) is 9.99. The number of aryl methyl sites for hydroxylation is 1. The molecule has 0 saturated carbocycles. The lowest BCUT2D eigenvalue weighted by Crippen LogP contribution is -2.34. The van der Waals surface area contributed by atoms with Crippen LogP contribution in [0, 0.1) is 12.8 Å². The van der Waals surface area contributed by atoms with Crippen LogP contribution in [0.5, 0.6) is 0 Å². The van der Waals surface area contributed by atoms with E-state index in [2.05, 4.69) is 4.72 Å². The van der Waals surface area contributed by atoms with Crippen molar-refractivity contribution >= 4 is 19.9 Å². The molecule has 1 saturated heterocycles. The molecule has 2 aromatic carbocycles. The molecule has 2 aromatic rings. The van der Waals surface area contributed by atoms with E-state index in [4.69, 9.17) is 4.74 Å². The summed E-state index contributed by atoms with van der Waals surface area (Å²) in [6.07, 6.45) is 1.62.